The third-order valence-electron chi connectivity index (χ3n) is 3.77. The lowest BCUT2D eigenvalue weighted by Gasteiger charge is -2.14. The molecule has 0 aliphatic heterocycles. The molecule has 2 aromatic carbocycles. The Labute approximate surface area is 151 Å². The number of hydrogen-bond donors (Lipinski definition) is 2. The van der Waals surface area contributed by atoms with Gasteiger partial charge in [-0.25, -0.2) is 4.99 Å². The first-order chi connectivity index (χ1) is 12.4. The number of rotatable bonds is 7. The van der Waals surface area contributed by atoms with Crippen molar-refractivity contribution in [2.45, 2.75) is 33.9 Å². The molecular weight excluding hydrogens is 340 g/mol. The Hall–Kier alpha value is -2.83. The maximum Gasteiger partial charge on any atom is 0.387 e. The first kappa shape index (κ1) is 19.5. The van der Waals surface area contributed by atoms with E-state index in [4.69, 9.17) is 10.5 Å². The quantitative estimate of drug-likeness (QED) is 0.571. The summed E-state index contributed by atoms with van der Waals surface area (Å²) < 4.78 is 35.4. The lowest BCUT2D eigenvalue weighted by molar-refractivity contribution is -0.0520. The Morgan fingerprint density at radius 1 is 1.19 bits per heavy atom. The monoisotopic (exact) mass is 363 g/mol. The van der Waals surface area contributed by atoms with Crippen LogP contribution in [0.5, 0.6) is 11.5 Å². The number of aryl methyl sites for hydroxylation is 2. The zero-order chi connectivity index (χ0) is 19.1. The van der Waals surface area contributed by atoms with E-state index in [0.717, 1.165) is 11.3 Å². The van der Waals surface area contributed by atoms with Crippen molar-refractivity contribution in [3.05, 3.63) is 53.1 Å². The van der Waals surface area contributed by atoms with Gasteiger partial charge in [0, 0.05) is 11.3 Å². The van der Waals surface area contributed by atoms with Crippen molar-refractivity contribution in [2.75, 3.05) is 11.9 Å². The summed E-state index contributed by atoms with van der Waals surface area (Å²) in [7, 11) is 0. The van der Waals surface area contributed by atoms with Crippen LogP contribution in [0.4, 0.5) is 14.5 Å². The Morgan fingerprint density at radius 2 is 1.96 bits per heavy atom. The van der Waals surface area contributed by atoms with E-state index in [1.165, 1.54) is 5.56 Å². The molecule has 2 rings (SSSR count). The zero-order valence-electron chi connectivity index (χ0n) is 15.1. The maximum atomic E-state index is 12.7. The number of hydrogen-bond acceptors (Lipinski definition) is 3. The third kappa shape index (κ3) is 5.34. The number of alkyl halides is 2. The van der Waals surface area contributed by atoms with E-state index in [9.17, 15) is 8.78 Å². The van der Waals surface area contributed by atoms with Gasteiger partial charge in [-0.3, -0.25) is 0 Å². The smallest absolute Gasteiger partial charge is 0.387 e. The molecule has 0 atom stereocenters. The minimum atomic E-state index is -2.95. The van der Waals surface area contributed by atoms with Crippen molar-refractivity contribution in [3.8, 4) is 11.5 Å². The summed E-state index contributed by atoms with van der Waals surface area (Å²) >= 11 is 0. The average molecular weight is 363 g/mol. The Balaban J connectivity index is 2.17. The fourth-order valence-corrected chi connectivity index (χ4v) is 2.35. The highest BCUT2D eigenvalue weighted by molar-refractivity contribution is 5.92. The highest BCUT2D eigenvalue weighted by atomic mass is 19.3. The van der Waals surface area contributed by atoms with Crippen molar-refractivity contribution in [1.82, 2.24) is 0 Å². The number of halogens is 2. The molecule has 0 aliphatic carbocycles. The van der Waals surface area contributed by atoms with Crippen LogP contribution in [0.25, 0.3) is 0 Å². The summed E-state index contributed by atoms with van der Waals surface area (Å²) in [4.78, 5) is 4.21. The molecule has 0 fully saturated rings. The van der Waals surface area contributed by atoms with E-state index < -0.39 is 6.61 Å². The number of anilines is 1. The van der Waals surface area contributed by atoms with Crippen LogP contribution in [0.1, 0.15) is 23.6 Å². The van der Waals surface area contributed by atoms with Crippen LogP contribution < -0.4 is 20.5 Å². The largest absolute Gasteiger partial charge is 0.490 e. The number of nitrogens with zero attached hydrogens (tertiary/aromatic N) is 1. The van der Waals surface area contributed by atoms with Crippen LogP contribution >= 0.6 is 0 Å². The molecule has 3 N–H and O–H groups in total. The standard InChI is InChI=1S/C19H23F2N3O2/c1-4-25-16-7-5-6-14(17(16)26-18(20)21)11-23-19(22)24-15-9-8-12(2)13(3)10-15/h5-10,18H,4,11H2,1-3H3,(H3,22,23,24). The predicted octanol–water partition coefficient (Wildman–Crippen LogP) is 4.23. The van der Waals surface area contributed by atoms with Gasteiger partial charge in [0.25, 0.3) is 0 Å². The molecule has 0 amide bonds. The number of para-hydroxylation sites is 1. The third-order valence-corrected chi connectivity index (χ3v) is 3.77. The Kier molecular flexibility index (Phi) is 6.77. The topological polar surface area (TPSA) is 68.9 Å². The molecule has 0 spiro atoms. The number of ether oxygens (including phenoxy) is 2. The van der Waals surface area contributed by atoms with E-state index in [1.54, 1.807) is 25.1 Å². The normalized spacial score (nSPS) is 11.5. The van der Waals surface area contributed by atoms with Gasteiger partial charge in [-0.05, 0) is 50.1 Å². The molecule has 7 heteroatoms. The van der Waals surface area contributed by atoms with Crippen LogP contribution in [0.15, 0.2) is 41.4 Å². The molecule has 0 saturated heterocycles. The van der Waals surface area contributed by atoms with Crippen LogP contribution in [0.3, 0.4) is 0 Å². The van der Waals surface area contributed by atoms with E-state index in [-0.39, 0.29) is 24.0 Å². The Morgan fingerprint density at radius 3 is 2.62 bits per heavy atom. The number of guanidine groups is 1. The summed E-state index contributed by atoms with van der Waals surface area (Å²) in [6, 6.07) is 10.7. The number of nitrogens with one attached hydrogen (secondary N) is 1. The second kappa shape index (κ2) is 9.03. The van der Waals surface area contributed by atoms with Gasteiger partial charge in [0.1, 0.15) is 0 Å². The van der Waals surface area contributed by atoms with E-state index in [1.807, 2.05) is 32.0 Å². The lowest BCUT2D eigenvalue weighted by atomic mass is 10.1. The zero-order valence-corrected chi connectivity index (χ0v) is 15.1. The van der Waals surface area contributed by atoms with E-state index in [2.05, 4.69) is 15.0 Å². The average Bonchev–Trinajstić information content (AvgIpc) is 2.58. The fraction of sp³-hybridized carbons (Fsp3) is 0.316. The summed E-state index contributed by atoms with van der Waals surface area (Å²) in [6.07, 6.45) is 0. The molecule has 0 heterocycles. The van der Waals surface area contributed by atoms with Crippen molar-refractivity contribution >= 4 is 11.6 Å². The van der Waals surface area contributed by atoms with Gasteiger partial charge < -0.3 is 20.5 Å². The van der Waals surface area contributed by atoms with Gasteiger partial charge in [0.2, 0.25) is 0 Å². The van der Waals surface area contributed by atoms with E-state index >= 15 is 0 Å². The highest BCUT2D eigenvalue weighted by Gasteiger charge is 2.15. The molecule has 0 unspecified atom stereocenters. The molecule has 0 radical (unpaired) electrons. The summed E-state index contributed by atoms with van der Waals surface area (Å²) in [6.45, 7) is 3.25. The minimum absolute atomic E-state index is 0.0212. The van der Waals surface area contributed by atoms with Gasteiger partial charge >= 0.3 is 6.61 Å². The maximum absolute atomic E-state index is 12.7. The predicted molar refractivity (Wildman–Crippen MR) is 99.1 cm³/mol. The summed E-state index contributed by atoms with van der Waals surface area (Å²) in [5.74, 6) is 0.409. The highest BCUT2D eigenvalue weighted by Crippen LogP contribution is 2.33. The first-order valence-electron chi connectivity index (χ1n) is 8.24. The number of benzene rings is 2. The van der Waals surface area contributed by atoms with Crippen molar-refractivity contribution in [1.29, 1.82) is 0 Å². The van der Waals surface area contributed by atoms with Crippen LogP contribution in [0.2, 0.25) is 0 Å². The molecular formula is C19H23F2N3O2. The second-order valence-electron chi connectivity index (χ2n) is 5.68. The van der Waals surface area contributed by atoms with Gasteiger partial charge in [-0.2, -0.15) is 8.78 Å². The molecule has 5 nitrogen and oxygen atoms in total. The van der Waals surface area contributed by atoms with E-state index in [0.29, 0.717) is 12.2 Å². The molecule has 0 bridgehead atoms. The summed E-state index contributed by atoms with van der Waals surface area (Å²) in [5.41, 5.74) is 9.47. The molecule has 140 valence electrons. The van der Waals surface area contributed by atoms with Crippen LogP contribution in [0, 0.1) is 13.8 Å². The van der Waals surface area contributed by atoms with Crippen molar-refractivity contribution < 1.29 is 18.3 Å². The van der Waals surface area contributed by atoms with Gasteiger partial charge in [0.05, 0.1) is 13.2 Å². The van der Waals surface area contributed by atoms with Crippen LogP contribution in [-0.4, -0.2) is 19.2 Å². The van der Waals surface area contributed by atoms with Crippen molar-refractivity contribution in [3.63, 3.8) is 0 Å². The van der Waals surface area contributed by atoms with Gasteiger partial charge in [0.15, 0.2) is 17.5 Å². The molecule has 0 aliphatic rings. The number of aliphatic imine (C=N–C) groups is 1. The Bertz CT molecular complexity index is 779. The van der Waals surface area contributed by atoms with Gasteiger partial charge in [-0.1, -0.05) is 18.2 Å². The number of nitrogens with two attached hydrogens (primary N) is 1. The molecule has 0 saturated carbocycles. The molecule has 26 heavy (non-hydrogen) atoms. The lowest BCUT2D eigenvalue weighted by Crippen LogP contribution is -2.22. The SMILES string of the molecule is CCOc1cccc(CN=C(N)Nc2ccc(C)c(C)c2)c1OC(F)F. The van der Waals surface area contributed by atoms with Crippen LogP contribution in [-0.2, 0) is 6.54 Å². The van der Waals surface area contributed by atoms with Gasteiger partial charge in [-0.15, -0.1) is 0 Å². The fourth-order valence-electron chi connectivity index (χ4n) is 2.35. The first-order valence-corrected chi connectivity index (χ1v) is 8.24. The molecule has 2 aromatic rings. The molecule has 0 aromatic heterocycles. The minimum Gasteiger partial charge on any atom is -0.490 e. The second-order valence-corrected chi connectivity index (χ2v) is 5.68. The summed E-state index contributed by atoms with van der Waals surface area (Å²) in [5, 5.41) is 2.99. The van der Waals surface area contributed by atoms with Crippen molar-refractivity contribution in [2.24, 2.45) is 10.7 Å².